The van der Waals surface area contributed by atoms with Gasteiger partial charge in [0.15, 0.2) is 0 Å². The Hall–Kier alpha value is -1.91. The molecule has 0 bridgehead atoms. The fourth-order valence-electron chi connectivity index (χ4n) is 3.33. The topological polar surface area (TPSA) is 48.4 Å². The number of halogens is 6. The second-order valence-electron chi connectivity index (χ2n) is 6.28. The molecule has 27 heavy (non-hydrogen) atoms. The predicted molar refractivity (Wildman–Crippen MR) is 86.0 cm³/mol. The van der Waals surface area contributed by atoms with Gasteiger partial charge in [-0.1, -0.05) is 12.1 Å². The van der Waals surface area contributed by atoms with Gasteiger partial charge in [0, 0.05) is 31.6 Å². The summed E-state index contributed by atoms with van der Waals surface area (Å²) in [6.45, 7) is 1.52. The Kier molecular flexibility index (Phi) is 5.33. The maximum Gasteiger partial charge on any atom is 0.433 e. The highest BCUT2D eigenvalue weighted by molar-refractivity contribution is 5.86. The molecule has 1 aromatic carbocycles. The number of nitrogens with one attached hydrogen (secondary N) is 1. The van der Waals surface area contributed by atoms with Crippen LogP contribution in [0, 0.1) is 0 Å². The molecule has 2 N–H and O–H groups in total. The van der Waals surface area contributed by atoms with Crippen LogP contribution in [-0.2, 0) is 12.4 Å². The summed E-state index contributed by atoms with van der Waals surface area (Å²) in [5.74, 6) is 0. The Balaban J connectivity index is 2.26. The van der Waals surface area contributed by atoms with Crippen LogP contribution in [0.1, 0.15) is 22.9 Å². The molecule has 0 spiro atoms. The maximum atomic E-state index is 13.3. The van der Waals surface area contributed by atoms with Crippen LogP contribution in [0.3, 0.4) is 0 Å². The van der Waals surface area contributed by atoms with Crippen molar-refractivity contribution in [2.24, 2.45) is 0 Å². The lowest BCUT2D eigenvalue weighted by atomic mass is 9.97. The van der Waals surface area contributed by atoms with Crippen LogP contribution in [0.5, 0.6) is 0 Å². The van der Waals surface area contributed by atoms with E-state index < -0.39 is 41.8 Å². The molecule has 0 saturated carbocycles. The van der Waals surface area contributed by atoms with Crippen molar-refractivity contribution in [2.45, 2.75) is 18.4 Å². The number of aliphatic hydroxyl groups is 1. The van der Waals surface area contributed by atoms with E-state index >= 15 is 0 Å². The number of alkyl halides is 6. The number of fused-ring (bicyclic) bond motifs is 1. The van der Waals surface area contributed by atoms with E-state index in [1.165, 1.54) is 6.07 Å². The van der Waals surface area contributed by atoms with E-state index in [4.69, 9.17) is 0 Å². The summed E-state index contributed by atoms with van der Waals surface area (Å²) in [6, 6.07) is 3.03. The minimum atomic E-state index is -4.91. The third kappa shape index (κ3) is 4.02. The SMILES string of the molecule is OCC(c1cc(C(F)(F)F)nc2c(C(F)(F)F)cccc12)N1CCNCC1. The molecule has 3 rings (SSSR count). The second-order valence-corrected chi connectivity index (χ2v) is 6.28. The first-order valence-corrected chi connectivity index (χ1v) is 8.26. The smallest absolute Gasteiger partial charge is 0.394 e. The zero-order valence-corrected chi connectivity index (χ0v) is 14.0. The van der Waals surface area contributed by atoms with Crippen LogP contribution in [0.2, 0.25) is 0 Å². The van der Waals surface area contributed by atoms with Crippen molar-refractivity contribution >= 4 is 10.9 Å². The largest absolute Gasteiger partial charge is 0.433 e. The van der Waals surface area contributed by atoms with Gasteiger partial charge in [0.25, 0.3) is 0 Å². The molecule has 1 fully saturated rings. The average molecular weight is 393 g/mol. The van der Waals surface area contributed by atoms with Crippen LogP contribution in [0.15, 0.2) is 24.3 Å². The molecule has 1 aliphatic rings. The number of rotatable bonds is 3. The fourth-order valence-corrected chi connectivity index (χ4v) is 3.33. The van der Waals surface area contributed by atoms with Crippen molar-refractivity contribution in [2.75, 3.05) is 32.8 Å². The lowest BCUT2D eigenvalue weighted by molar-refractivity contribution is -0.142. The van der Waals surface area contributed by atoms with Gasteiger partial charge >= 0.3 is 12.4 Å². The zero-order chi connectivity index (χ0) is 19.8. The summed E-state index contributed by atoms with van der Waals surface area (Å²) >= 11 is 0. The van der Waals surface area contributed by atoms with Gasteiger partial charge in [-0.3, -0.25) is 4.90 Å². The lowest BCUT2D eigenvalue weighted by Crippen LogP contribution is -2.46. The van der Waals surface area contributed by atoms with E-state index in [1.807, 2.05) is 0 Å². The van der Waals surface area contributed by atoms with E-state index in [-0.39, 0.29) is 10.9 Å². The Morgan fingerprint density at radius 3 is 2.30 bits per heavy atom. The first-order chi connectivity index (χ1) is 12.6. The third-order valence-electron chi connectivity index (χ3n) is 4.59. The Morgan fingerprint density at radius 1 is 1.07 bits per heavy atom. The molecule has 1 atom stereocenters. The molecule has 4 nitrogen and oxygen atoms in total. The molecule has 1 unspecified atom stereocenters. The highest BCUT2D eigenvalue weighted by Gasteiger charge is 2.38. The van der Waals surface area contributed by atoms with Gasteiger partial charge in [-0.15, -0.1) is 0 Å². The van der Waals surface area contributed by atoms with Gasteiger partial charge in [0.2, 0.25) is 0 Å². The van der Waals surface area contributed by atoms with E-state index in [2.05, 4.69) is 10.3 Å². The molecule has 0 amide bonds. The molecule has 2 aromatic rings. The normalized spacial score (nSPS) is 18.0. The molecular formula is C17H17F6N3O. The van der Waals surface area contributed by atoms with Crippen LogP contribution >= 0.6 is 0 Å². The van der Waals surface area contributed by atoms with Gasteiger partial charge in [0.1, 0.15) is 5.69 Å². The predicted octanol–water partition coefficient (Wildman–Crippen LogP) is 3.21. The van der Waals surface area contributed by atoms with Crippen molar-refractivity contribution in [3.05, 3.63) is 41.1 Å². The molecule has 10 heteroatoms. The van der Waals surface area contributed by atoms with E-state index in [0.29, 0.717) is 32.2 Å². The van der Waals surface area contributed by atoms with Gasteiger partial charge < -0.3 is 10.4 Å². The number of aromatic nitrogens is 1. The number of hydrogen-bond donors (Lipinski definition) is 2. The number of piperazine rings is 1. The highest BCUT2D eigenvalue weighted by atomic mass is 19.4. The zero-order valence-electron chi connectivity index (χ0n) is 14.0. The Labute approximate surface area is 150 Å². The first-order valence-electron chi connectivity index (χ1n) is 8.26. The molecule has 2 heterocycles. The highest BCUT2D eigenvalue weighted by Crippen LogP contribution is 2.39. The third-order valence-corrected chi connectivity index (χ3v) is 4.59. The van der Waals surface area contributed by atoms with Gasteiger partial charge in [-0.25, -0.2) is 4.98 Å². The van der Waals surface area contributed by atoms with E-state index in [0.717, 1.165) is 12.1 Å². The minimum absolute atomic E-state index is 0.0113. The summed E-state index contributed by atoms with van der Waals surface area (Å²) in [6.07, 6.45) is -9.76. The van der Waals surface area contributed by atoms with Crippen molar-refractivity contribution in [3.63, 3.8) is 0 Å². The van der Waals surface area contributed by atoms with Crippen molar-refractivity contribution in [3.8, 4) is 0 Å². The second kappa shape index (κ2) is 7.25. The number of benzene rings is 1. The minimum Gasteiger partial charge on any atom is -0.394 e. The van der Waals surface area contributed by atoms with Crippen molar-refractivity contribution < 1.29 is 31.4 Å². The molecule has 0 aliphatic carbocycles. The number of nitrogens with zero attached hydrogens (tertiary/aromatic N) is 2. The quantitative estimate of drug-likeness (QED) is 0.787. The average Bonchev–Trinajstić information content (AvgIpc) is 2.61. The van der Waals surface area contributed by atoms with Gasteiger partial charge in [-0.2, -0.15) is 26.3 Å². The van der Waals surface area contributed by atoms with Crippen molar-refractivity contribution in [1.82, 2.24) is 15.2 Å². The maximum absolute atomic E-state index is 13.3. The van der Waals surface area contributed by atoms with E-state index in [9.17, 15) is 31.4 Å². The molecule has 1 aromatic heterocycles. The Bertz CT molecular complexity index is 815. The molecular weight excluding hydrogens is 376 g/mol. The fraction of sp³-hybridized carbons (Fsp3) is 0.471. The van der Waals surface area contributed by atoms with Crippen LogP contribution < -0.4 is 5.32 Å². The monoisotopic (exact) mass is 393 g/mol. The molecule has 1 saturated heterocycles. The summed E-state index contributed by atoms with van der Waals surface area (Å²) in [7, 11) is 0. The van der Waals surface area contributed by atoms with Gasteiger partial charge in [0.05, 0.1) is 23.7 Å². The number of para-hydroxylation sites is 1. The molecule has 148 valence electrons. The Morgan fingerprint density at radius 2 is 1.74 bits per heavy atom. The number of aliphatic hydroxyl groups excluding tert-OH is 1. The van der Waals surface area contributed by atoms with E-state index in [1.54, 1.807) is 4.90 Å². The number of hydrogen-bond acceptors (Lipinski definition) is 4. The summed E-state index contributed by atoms with van der Waals surface area (Å²) in [4.78, 5) is 5.03. The summed E-state index contributed by atoms with van der Waals surface area (Å²) in [5, 5.41) is 12.9. The van der Waals surface area contributed by atoms with Crippen molar-refractivity contribution in [1.29, 1.82) is 0 Å². The lowest BCUT2D eigenvalue weighted by Gasteiger charge is -2.35. The molecule has 1 aliphatic heterocycles. The standard InChI is InChI=1S/C17H17F6N3O/c18-16(19,20)12-3-1-2-10-11(8-14(17(21,22)23)25-15(10)12)13(9-27)26-6-4-24-5-7-26/h1-3,8,13,24,27H,4-7,9H2. The molecule has 0 radical (unpaired) electrons. The summed E-state index contributed by atoms with van der Waals surface area (Å²) < 4.78 is 79.9. The van der Waals surface area contributed by atoms with Gasteiger partial charge in [-0.05, 0) is 17.7 Å². The summed E-state index contributed by atoms with van der Waals surface area (Å²) in [5.41, 5.74) is -3.41. The van der Waals surface area contributed by atoms with Crippen LogP contribution in [0.25, 0.3) is 10.9 Å². The van der Waals surface area contributed by atoms with Crippen LogP contribution in [0.4, 0.5) is 26.3 Å². The van der Waals surface area contributed by atoms with Crippen LogP contribution in [-0.4, -0.2) is 47.8 Å². The first kappa shape index (κ1) is 19.8. The number of pyridine rings is 1.